The van der Waals surface area contributed by atoms with E-state index < -0.39 is 66.5 Å². The maximum atomic E-state index is 12.1. The van der Waals surface area contributed by atoms with E-state index in [1.54, 1.807) is 0 Å². The van der Waals surface area contributed by atoms with Crippen LogP contribution in [0.1, 0.15) is 20.8 Å². The van der Waals surface area contributed by atoms with Crippen molar-refractivity contribution in [1.29, 1.82) is 0 Å². The van der Waals surface area contributed by atoms with Gasteiger partial charge >= 0.3 is 0 Å². The molecular formula is C16H27N7O7. The van der Waals surface area contributed by atoms with Crippen LogP contribution >= 0.6 is 0 Å². The van der Waals surface area contributed by atoms with Gasteiger partial charge in [0, 0.05) is 6.92 Å². The molecule has 0 aliphatic carbocycles. The fourth-order valence-corrected chi connectivity index (χ4v) is 1.78. The zero-order valence-corrected chi connectivity index (χ0v) is 16.9. The Balaban J connectivity index is 4.25. The number of nitrogens with one attached hydrogen (secondary N) is 6. The maximum Gasteiger partial charge on any atom is 0.242 e. The lowest BCUT2D eigenvalue weighted by Gasteiger charge is -2.18. The molecule has 2 atom stereocenters. The Hall–Kier alpha value is -3.71. The molecular weight excluding hydrogens is 402 g/mol. The van der Waals surface area contributed by atoms with Gasteiger partial charge in [-0.3, -0.25) is 33.6 Å². The zero-order valence-electron chi connectivity index (χ0n) is 16.9. The summed E-state index contributed by atoms with van der Waals surface area (Å²) in [5.41, 5.74) is 4.87. The molecule has 0 rings (SSSR count). The highest BCUT2D eigenvalue weighted by Crippen LogP contribution is 1.88. The molecule has 0 aliphatic rings. The van der Waals surface area contributed by atoms with Crippen molar-refractivity contribution in [2.75, 3.05) is 26.2 Å². The first-order valence-electron chi connectivity index (χ1n) is 8.86. The highest BCUT2D eigenvalue weighted by atomic mass is 16.2. The summed E-state index contributed by atoms with van der Waals surface area (Å²) >= 11 is 0. The molecule has 7 amide bonds. The van der Waals surface area contributed by atoms with Crippen LogP contribution in [0, 0.1) is 0 Å². The Morgan fingerprint density at radius 2 is 1.10 bits per heavy atom. The smallest absolute Gasteiger partial charge is 0.242 e. The molecule has 0 heterocycles. The van der Waals surface area contributed by atoms with Gasteiger partial charge in [-0.25, -0.2) is 0 Å². The van der Waals surface area contributed by atoms with E-state index in [4.69, 9.17) is 5.73 Å². The van der Waals surface area contributed by atoms with Crippen molar-refractivity contribution >= 4 is 41.4 Å². The molecule has 0 saturated heterocycles. The lowest BCUT2D eigenvalue weighted by molar-refractivity contribution is -0.132. The Bertz CT molecular complexity index is 695. The van der Waals surface area contributed by atoms with Crippen molar-refractivity contribution in [2.24, 2.45) is 5.73 Å². The first-order valence-corrected chi connectivity index (χ1v) is 8.86. The highest BCUT2D eigenvalue weighted by molar-refractivity contribution is 5.94. The predicted octanol–water partition coefficient (Wildman–Crippen LogP) is -5.03. The Morgan fingerprint density at radius 1 is 0.633 bits per heavy atom. The van der Waals surface area contributed by atoms with Gasteiger partial charge in [-0.05, 0) is 13.8 Å². The van der Waals surface area contributed by atoms with E-state index in [2.05, 4.69) is 31.9 Å². The van der Waals surface area contributed by atoms with Gasteiger partial charge in [0.15, 0.2) is 0 Å². The normalized spacial score (nSPS) is 11.8. The number of hydrogen-bond donors (Lipinski definition) is 7. The van der Waals surface area contributed by atoms with E-state index in [0.29, 0.717) is 0 Å². The van der Waals surface area contributed by atoms with Crippen LogP contribution in [0.15, 0.2) is 0 Å². The lowest BCUT2D eigenvalue weighted by Crippen LogP contribution is -2.53. The van der Waals surface area contributed by atoms with E-state index >= 15 is 0 Å². The van der Waals surface area contributed by atoms with E-state index in [-0.39, 0.29) is 13.1 Å². The maximum absolute atomic E-state index is 12.1. The number of primary amides is 1. The Morgan fingerprint density at radius 3 is 1.63 bits per heavy atom. The van der Waals surface area contributed by atoms with Crippen molar-refractivity contribution < 1.29 is 33.6 Å². The minimum Gasteiger partial charge on any atom is -0.368 e. The molecule has 0 aromatic heterocycles. The van der Waals surface area contributed by atoms with Gasteiger partial charge in [0.25, 0.3) is 0 Å². The van der Waals surface area contributed by atoms with Crippen LogP contribution in [0.3, 0.4) is 0 Å². The SMILES string of the molecule is CC(=O)NCC(=O)NCC(=O)N[C@@H](C)C(=O)N[C@@H](C)C(=O)NCC(=O)NCC(N)=O. The lowest BCUT2D eigenvalue weighted by atomic mass is 10.2. The van der Waals surface area contributed by atoms with Crippen molar-refractivity contribution in [1.82, 2.24) is 31.9 Å². The first kappa shape index (κ1) is 26.3. The van der Waals surface area contributed by atoms with Gasteiger partial charge in [-0.2, -0.15) is 0 Å². The molecule has 14 nitrogen and oxygen atoms in total. The fourth-order valence-electron chi connectivity index (χ4n) is 1.78. The third-order valence-electron chi connectivity index (χ3n) is 3.35. The second-order valence-electron chi connectivity index (χ2n) is 6.17. The topological polar surface area (TPSA) is 218 Å². The summed E-state index contributed by atoms with van der Waals surface area (Å²) in [5, 5.41) is 13.6. The van der Waals surface area contributed by atoms with Crippen LogP contribution < -0.4 is 37.6 Å². The second-order valence-corrected chi connectivity index (χ2v) is 6.17. The molecule has 0 bridgehead atoms. The van der Waals surface area contributed by atoms with Crippen molar-refractivity contribution in [3.63, 3.8) is 0 Å². The minimum atomic E-state index is -1.02. The van der Waals surface area contributed by atoms with Crippen LogP contribution in [0.2, 0.25) is 0 Å². The number of carbonyl (C=O) groups is 7. The van der Waals surface area contributed by atoms with Crippen LogP contribution in [0.5, 0.6) is 0 Å². The molecule has 168 valence electrons. The van der Waals surface area contributed by atoms with Crippen LogP contribution in [-0.4, -0.2) is 79.6 Å². The molecule has 14 heteroatoms. The summed E-state index contributed by atoms with van der Waals surface area (Å²) in [5.74, 6) is -4.35. The summed E-state index contributed by atoms with van der Waals surface area (Å²) in [6, 6.07) is -2.03. The standard InChI is InChI=1S/C16H27N7O7/c1-8(15(29)21-6-13(27)19-4-11(17)25)23-16(30)9(2)22-14(28)7-20-12(26)5-18-10(3)24/h8-9H,4-7H2,1-3H3,(H2,17,25)(H,18,24)(H,19,27)(H,20,26)(H,21,29)(H,22,28)(H,23,30)/t8-,9-/m0/s1. The largest absolute Gasteiger partial charge is 0.368 e. The van der Waals surface area contributed by atoms with E-state index in [0.717, 1.165) is 0 Å². The Kier molecular flexibility index (Phi) is 11.8. The molecule has 0 unspecified atom stereocenters. The van der Waals surface area contributed by atoms with Crippen LogP contribution in [-0.2, 0) is 33.6 Å². The Labute approximate surface area is 172 Å². The quantitative estimate of drug-likeness (QED) is 0.160. The second kappa shape index (κ2) is 13.5. The fraction of sp³-hybridized carbons (Fsp3) is 0.562. The van der Waals surface area contributed by atoms with Crippen LogP contribution in [0.25, 0.3) is 0 Å². The molecule has 0 spiro atoms. The molecule has 0 fully saturated rings. The molecule has 30 heavy (non-hydrogen) atoms. The first-order chi connectivity index (χ1) is 13.9. The third kappa shape index (κ3) is 12.6. The monoisotopic (exact) mass is 429 g/mol. The molecule has 0 aromatic rings. The van der Waals surface area contributed by atoms with Gasteiger partial charge in [0.2, 0.25) is 41.4 Å². The average Bonchev–Trinajstić information content (AvgIpc) is 2.66. The third-order valence-corrected chi connectivity index (χ3v) is 3.35. The molecule has 0 radical (unpaired) electrons. The minimum absolute atomic E-state index is 0.286. The van der Waals surface area contributed by atoms with Crippen molar-refractivity contribution in [3.8, 4) is 0 Å². The average molecular weight is 429 g/mol. The van der Waals surface area contributed by atoms with Gasteiger partial charge in [-0.1, -0.05) is 0 Å². The van der Waals surface area contributed by atoms with Gasteiger partial charge < -0.3 is 37.6 Å². The predicted molar refractivity (Wildman–Crippen MR) is 102 cm³/mol. The van der Waals surface area contributed by atoms with Gasteiger partial charge in [0.1, 0.15) is 12.1 Å². The number of hydrogen-bond acceptors (Lipinski definition) is 7. The molecule has 8 N–H and O–H groups in total. The number of rotatable bonds is 12. The number of amides is 7. The van der Waals surface area contributed by atoms with Crippen molar-refractivity contribution in [2.45, 2.75) is 32.9 Å². The molecule has 0 aliphatic heterocycles. The summed E-state index contributed by atoms with van der Waals surface area (Å²) in [4.78, 5) is 79.7. The van der Waals surface area contributed by atoms with Crippen molar-refractivity contribution in [3.05, 3.63) is 0 Å². The molecule has 0 saturated carbocycles. The number of nitrogens with two attached hydrogens (primary N) is 1. The summed E-state index contributed by atoms with van der Waals surface area (Å²) in [6.07, 6.45) is 0. The van der Waals surface area contributed by atoms with Crippen LogP contribution in [0.4, 0.5) is 0 Å². The van der Waals surface area contributed by atoms with E-state index in [9.17, 15) is 33.6 Å². The summed E-state index contributed by atoms with van der Waals surface area (Å²) in [7, 11) is 0. The highest BCUT2D eigenvalue weighted by Gasteiger charge is 2.21. The summed E-state index contributed by atoms with van der Waals surface area (Å²) < 4.78 is 0. The van der Waals surface area contributed by atoms with Gasteiger partial charge in [0.05, 0.1) is 26.2 Å². The van der Waals surface area contributed by atoms with E-state index in [1.165, 1.54) is 20.8 Å². The molecule has 0 aromatic carbocycles. The van der Waals surface area contributed by atoms with Gasteiger partial charge in [-0.15, -0.1) is 0 Å². The number of carbonyl (C=O) groups excluding carboxylic acids is 7. The zero-order chi connectivity index (χ0) is 23.3. The summed E-state index contributed by atoms with van der Waals surface area (Å²) in [6.45, 7) is 2.49. The van der Waals surface area contributed by atoms with E-state index in [1.807, 2.05) is 0 Å².